The van der Waals surface area contributed by atoms with E-state index in [0.29, 0.717) is 13.2 Å². The Morgan fingerprint density at radius 1 is 1.42 bits per heavy atom. The van der Waals surface area contributed by atoms with E-state index in [4.69, 9.17) is 4.74 Å². The lowest BCUT2D eigenvalue weighted by atomic mass is 10.1. The average Bonchev–Trinajstić information content (AvgIpc) is 2.36. The number of ether oxygens (including phenoxy) is 1. The molecular formula is C8H17NO3. The van der Waals surface area contributed by atoms with Crippen molar-refractivity contribution < 1.29 is 14.9 Å². The molecule has 0 aromatic heterocycles. The van der Waals surface area contributed by atoms with Gasteiger partial charge in [-0.05, 0) is 13.8 Å². The Balaban J connectivity index is 2.30. The third-order valence-electron chi connectivity index (χ3n) is 2.25. The minimum absolute atomic E-state index is 0.00801. The molecule has 1 rings (SSSR count). The number of rotatable bonds is 3. The van der Waals surface area contributed by atoms with Crippen LogP contribution in [0, 0.1) is 0 Å². The molecule has 0 bridgehead atoms. The first kappa shape index (κ1) is 9.92. The minimum atomic E-state index is -0.439. The normalized spacial score (nSPS) is 35.0. The summed E-state index contributed by atoms with van der Waals surface area (Å²) in [5.41, 5.74) is 0. The summed E-state index contributed by atoms with van der Waals surface area (Å²) in [5, 5.41) is 21.6. The maximum atomic E-state index is 9.35. The van der Waals surface area contributed by atoms with Gasteiger partial charge in [0.1, 0.15) is 0 Å². The number of aliphatic hydroxyl groups is 2. The van der Waals surface area contributed by atoms with Gasteiger partial charge in [0.2, 0.25) is 0 Å². The predicted molar refractivity (Wildman–Crippen MR) is 44.9 cm³/mol. The van der Waals surface area contributed by atoms with Gasteiger partial charge in [0.05, 0.1) is 31.5 Å². The topological polar surface area (TPSA) is 61.7 Å². The second kappa shape index (κ2) is 4.18. The van der Waals surface area contributed by atoms with Gasteiger partial charge in [-0.2, -0.15) is 0 Å². The van der Waals surface area contributed by atoms with Crippen molar-refractivity contribution in [2.24, 2.45) is 0 Å². The molecule has 0 aromatic carbocycles. The van der Waals surface area contributed by atoms with Crippen molar-refractivity contribution in [3.05, 3.63) is 0 Å². The highest BCUT2D eigenvalue weighted by Gasteiger charge is 2.27. The third-order valence-corrected chi connectivity index (χ3v) is 2.25. The van der Waals surface area contributed by atoms with Crippen molar-refractivity contribution in [2.45, 2.75) is 38.1 Å². The Hall–Kier alpha value is -0.160. The molecule has 4 unspecified atom stereocenters. The van der Waals surface area contributed by atoms with Crippen LogP contribution < -0.4 is 5.32 Å². The van der Waals surface area contributed by atoms with Crippen LogP contribution >= 0.6 is 0 Å². The first-order valence-corrected chi connectivity index (χ1v) is 4.31. The molecule has 0 saturated carbocycles. The molecule has 1 aliphatic rings. The van der Waals surface area contributed by atoms with Crippen molar-refractivity contribution in [3.8, 4) is 0 Å². The van der Waals surface area contributed by atoms with Crippen LogP contribution in [-0.4, -0.2) is 47.7 Å². The summed E-state index contributed by atoms with van der Waals surface area (Å²) in [4.78, 5) is 0. The van der Waals surface area contributed by atoms with Crippen molar-refractivity contribution in [1.82, 2.24) is 5.32 Å². The summed E-state index contributed by atoms with van der Waals surface area (Å²) in [7, 11) is 0. The van der Waals surface area contributed by atoms with Gasteiger partial charge in [-0.25, -0.2) is 0 Å². The summed E-state index contributed by atoms with van der Waals surface area (Å²) in [6.45, 7) is 4.53. The molecule has 4 heteroatoms. The lowest BCUT2D eigenvalue weighted by Gasteiger charge is -2.22. The SMILES string of the molecule is CC(O)C(C)NC1COCC1O. The third kappa shape index (κ3) is 2.42. The van der Waals surface area contributed by atoms with Crippen LogP contribution in [0.1, 0.15) is 13.8 Å². The average molecular weight is 175 g/mol. The van der Waals surface area contributed by atoms with Gasteiger partial charge in [-0.1, -0.05) is 0 Å². The highest BCUT2D eigenvalue weighted by atomic mass is 16.5. The van der Waals surface area contributed by atoms with E-state index in [9.17, 15) is 10.2 Å². The molecule has 0 amide bonds. The zero-order chi connectivity index (χ0) is 9.14. The maximum absolute atomic E-state index is 9.35. The van der Waals surface area contributed by atoms with Crippen LogP contribution in [0.25, 0.3) is 0 Å². The fourth-order valence-electron chi connectivity index (χ4n) is 1.18. The van der Waals surface area contributed by atoms with E-state index in [0.717, 1.165) is 0 Å². The van der Waals surface area contributed by atoms with Crippen molar-refractivity contribution in [3.63, 3.8) is 0 Å². The maximum Gasteiger partial charge on any atom is 0.0948 e. The summed E-state index contributed by atoms with van der Waals surface area (Å²) in [6, 6.07) is -0.0408. The van der Waals surface area contributed by atoms with Crippen molar-refractivity contribution in [2.75, 3.05) is 13.2 Å². The Bertz CT molecular complexity index is 140. The van der Waals surface area contributed by atoms with Gasteiger partial charge in [-0.15, -0.1) is 0 Å². The number of hydrogen-bond donors (Lipinski definition) is 3. The smallest absolute Gasteiger partial charge is 0.0948 e. The summed E-state index contributed by atoms with van der Waals surface area (Å²) in [6.07, 6.45) is -0.844. The van der Waals surface area contributed by atoms with Crippen LogP contribution in [0.4, 0.5) is 0 Å². The van der Waals surface area contributed by atoms with Crippen LogP contribution in [-0.2, 0) is 4.74 Å². The molecule has 1 heterocycles. The highest BCUT2D eigenvalue weighted by Crippen LogP contribution is 2.06. The Morgan fingerprint density at radius 3 is 2.50 bits per heavy atom. The molecule has 0 aromatic rings. The molecule has 1 saturated heterocycles. The largest absolute Gasteiger partial charge is 0.392 e. The molecular weight excluding hydrogens is 158 g/mol. The Kier molecular flexibility index (Phi) is 3.46. The first-order chi connectivity index (χ1) is 5.61. The number of nitrogens with one attached hydrogen (secondary N) is 1. The molecule has 3 N–H and O–H groups in total. The number of aliphatic hydroxyl groups excluding tert-OH is 2. The van der Waals surface area contributed by atoms with Gasteiger partial charge in [0.25, 0.3) is 0 Å². The quantitative estimate of drug-likeness (QED) is 0.520. The second-order valence-corrected chi connectivity index (χ2v) is 3.41. The predicted octanol–water partition coefficient (Wildman–Crippen LogP) is -0.895. The van der Waals surface area contributed by atoms with Gasteiger partial charge < -0.3 is 20.3 Å². The standard InChI is InChI=1S/C8H17NO3/c1-5(6(2)10)9-7-3-12-4-8(7)11/h5-11H,3-4H2,1-2H3. The molecule has 0 spiro atoms. The van der Waals surface area contributed by atoms with E-state index in [2.05, 4.69) is 5.32 Å². The molecule has 0 aliphatic carbocycles. The summed E-state index contributed by atoms with van der Waals surface area (Å²) in [5.74, 6) is 0. The van der Waals surface area contributed by atoms with Crippen LogP contribution in [0.15, 0.2) is 0 Å². The molecule has 12 heavy (non-hydrogen) atoms. The monoisotopic (exact) mass is 175 g/mol. The Labute approximate surface area is 72.5 Å². The van der Waals surface area contributed by atoms with Crippen LogP contribution in [0.3, 0.4) is 0 Å². The molecule has 1 fully saturated rings. The van der Waals surface area contributed by atoms with E-state index in [-0.39, 0.29) is 12.1 Å². The van der Waals surface area contributed by atoms with E-state index in [1.54, 1.807) is 6.92 Å². The van der Waals surface area contributed by atoms with E-state index in [1.165, 1.54) is 0 Å². The molecule has 0 radical (unpaired) electrons. The van der Waals surface area contributed by atoms with E-state index in [1.807, 2.05) is 6.92 Å². The lowest BCUT2D eigenvalue weighted by molar-refractivity contribution is 0.109. The lowest BCUT2D eigenvalue weighted by Crippen LogP contribution is -2.47. The van der Waals surface area contributed by atoms with Gasteiger partial charge in [0, 0.05) is 6.04 Å². The van der Waals surface area contributed by atoms with Crippen molar-refractivity contribution >= 4 is 0 Å². The van der Waals surface area contributed by atoms with Gasteiger partial charge in [0.15, 0.2) is 0 Å². The van der Waals surface area contributed by atoms with Gasteiger partial charge in [-0.3, -0.25) is 0 Å². The second-order valence-electron chi connectivity index (χ2n) is 3.41. The molecule has 72 valence electrons. The molecule has 4 atom stereocenters. The molecule has 1 aliphatic heterocycles. The number of hydrogen-bond acceptors (Lipinski definition) is 4. The molecule has 4 nitrogen and oxygen atoms in total. The first-order valence-electron chi connectivity index (χ1n) is 4.31. The van der Waals surface area contributed by atoms with Gasteiger partial charge >= 0.3 is 0 Å². The zero-order valence-electron chi connectivity index (χ0n) is 7.53. The van der Waals surface area contributed by atoms with Crippen molar-refractivity contribution in [1.29, 1.82) is 0 Å². The Morgan fingerprint density at radius 2 is 2.08 bits per heavy atom. The fraction of sp³-hybridized carbons (Fsp3) is 1.00. The fourth-order valence-corrected chi connectivity index (χ4v) is 1.18. The minimum Gasteiger partial charge on any atom is -0.392 e. The zero-order valence-corrected chi connectivity index (χ0v) is 7.53. The van der Waals surface area contributed by atoms with Crippen LogP contribution in [0.5, 0.6) is 0 Å². The highest BCUT2D eigenvalue weighted by molar-refractivity contribution is 4.84. The summed E-state index contributed by atoms with van der Waals surface area (Å²) < 4.78 is 5.06. The summed E-state index contributed by atoms with van der Waals surface area (Å²) >= 11 is 0. The van der Waals surface area contributed by atoms with E-state index >= 15 is 0 Å². The van der Waals surface area contributed by atoms with E-state index < -0.39 is 12.2 Å². The van der Waals surface area contributed by atoms with Crippen LogP contribution in [0.2, 0.25) is 0 Å².